The van der Waals surface area contributed by atoms with E-state index in [4.69, 9.17) is 16.3 Å². The largest absolute Gasteiger partial charge is 0.494 e. The average molecular weight is 241 g/mol. The van der Waals surface area contributed by atoms with E-state index < -0.39 is 5.38 Å². The van der Waals surface area contributed by atoms with Crippen molar-refractivity contribution in [3.05, 3.63) is 29.3 Å². The fraction of sp³-hybridized carbons (Fsp3) is 0.462. The Morgan fingerprint density at radius 3 is 2.69 bits per heavy atom. The molecular weight excluding hydrogens is 224 g/mol. The summed E-state index contributed by atoms with van der Waals surface area (Å²) in [5.74, 6) is 0.763. The number of carbonyl (C=O) groups excluding carboxylic acids is 1. The standard InChI is InChI=1S/C13H17ClO2/c1-4-7-16-11-5-6-12(9(2)8-11)13(15)10(3)14/h5-6,8,10H,4,7H2,1-3H3. The molecule has 3 heteroatoms. The molecule has 0 heterocycles. The Kier molecular flexibility index (Phi) is 4.81. The van der Waals surface area contributed by atoms with Gasteiger partial charge in [0.15, 0.2) is 5.78 Å². The normalized spacial score (nSPS) is 12.2. The van der Waals surface area contributed by atoms with Crippen molar-refractivity contribution in [2.75, 3.05) is 6.61 Å². The predicted molar refractivity (Wildman–Crippen MR) is 66.6 cm³/mol. The van der Waals surface area contributed by atoms with Crippen LogP contribution in [0.2, 0.25) is 0 Å². The molecule has 0 saturated carbocycles. The van der Waals surface area contributed by atoms with Crippen molar-refractivity contribution in [3.63, 3.8) is 0 Å². The summed E-state index contributed by atoms with van der Waals surface area (Å²) >= 11 is 5.78. The summed E-state index contributed by atoms with van der Waals surface area (Å²) in [5.41, 5.74) is 1.58. The number of carbonyl (C=O) groups is 1. The van der Waals surface area contributed by atoms with Crippen LogP contribution in [0.1, 0.15) is 36.2 Å². The highest BCUT2D eigenvalue weighted by Crippen LogP contribution is 2.19. The Bertz CT molecular complexity index is 372. The van der Waals surface area contributed by atoms with Gasteiger partial charge in [-0.3, -0.25) is 4.79 Å². The molecular formula is C13H17ClO2. The van der Waals surface area contributed by atoms with Crippen LogP contribution in [0.15, 0.2) is 18.2 Å². The smallest absolute Gasteiger partial charge is 0.180 e. The van der Waals surface area contributed by atoms with Crippen molar-refractivity contribution in [2.45, 2.75) is 32.6 Å². The maximum atomic E-state index is 11.7. The maximum absolute atomic E-state index is 11.7. The summed E-state index contributed by atoms with van der Waals surface area (Å²) in [6.45, 7) is 6.33. The fourth-order valence-corrected chi connectivity index (χ4v) is 1.55. The molecule has 0 amide bonds. The van der Waals surface area contributed by atoms with E-state index in [1.807, 2.05) is 19.1 Å². The third-order valence-corrected chi connectivity index (χ3v) is 2.50. The van der Waals surface area contributed by atoms with Gasteiger partial charge in [0, 0.05) is 5.56 Å². The van der Waals surface area contributed by atoms with Crippen LogP contribution in [0.25, 0.3) is 0 Å². The van der Waals surface area contributed by atoms with Gasteiger partial charge >= 0.3 is 0 Å². The molecule has 0 aromatic heterocycles. The second kappa shape index (κ2) is 5.90. The van der Waals surface area contributed by atoms with Crippen LogP contribution in [0.4, 0.5) is 0 Å². The minimum atomic E-state index is -0.485. The van der Waals surface area contributed by atoms with Crippen LogP contribution < -0.4 is 4.74 Å². The third kappa shape index (κ3) is 3.24. The van der Waals surface area contributed by atoms with E-state index >= 15 is 0 Å². The van der Waals surface area contributed by atoms with Crippen molar-refractivity contribution in [1.29, 1.82) is 0 Å². The van der Waals surface area contributed by atoms with Crippen molar-refractivity contribution in [3.8, 4) is 5.75 Å². The van der Waals surface area contributed by atoms with E-state index in [1.165, 1.54) is 0 Å². The lowest BCUT2D eigenvalue weighted by molar-refractivity contribution is 0.0991. The summed E-state index contributed by atoms with van der Waals surface area (Å²) in [6, 6.07) is 5.47. The highest BCUT2D eigenvalue weighted by atomic mass is 35.5. The molecule has 0 saturated heterocycles. The van der Waals surface area contributed by atoms with Crippen molar-refractivity contribution in [2.24, 2.45) is 0 Å². The molecule has 0 radical (unpaired) electrons. The predicted octanol–water partition coefficient (Wildman–Crippen LogP) is 3.59. The summed E-state index contributed by atoms with van der Waals surface area (Å²) in [7, 11) is 0. The molecule has 0 aliphatic rings. The van der Waals surface area contributed by atoms with Gasteiger partial charge in [0.2, 0.25) is 0 Å². The van der Waals surface area contributed by atoms with Gasteiger partial charge in [0.05, 0.1) is 12.0 Å². The first kappa shape index (κ1) is 13.0. The first-order valence-electron chi connectivity index (χ1n) is 5.48. The number of rotatable bonds is 5. The lowest BCUT2D eigenvalue weighted by Gasteiger charge is -2.09. The number of ketones is 1. The van der Waals surface area contributed by atoms with E-state index in [2.05, 4.69) is 6.92 Å². The quantitative estimate of drug-likeness (QED) is 0.581. The Hall–Kier alpha value is -1.02. The molecule has 0 N–H and O–H groups in total. The molecule has 88 valence electrons. The zero-order valence-electron chi connectivity index (χ0n) is 9.92. The number of ether oxygens (including phenoxy) is 1. The first-order valence-corrected chi connectivity index (χ1v) is 5.91. The molecule has 0 spiro atoms. The number of hydrogen-bond acceptors (Lipinski definition) is 2. The van der Waals surface area contributed by atoms with E-state index in [1.54, 1.807) is 13.0 Å². The van der Waals surface area contributed by atoms with Gasteiger partial charge in [0.25, 0.3) is 0 Å². The molecule has 0 aliphatic carbocycles. The van der Waals surface area contributed by atoms with Gasteiger partial charge in [-0.2, -0.15) is 0 Å². The van der Waals surface area contributed by atoms with Crippen LogP contribution in [0.3, 0.4) is 0 Å². The topological polar surface area (TPSA) is 26.3 Å². The minimum Gasteiger partial charge on any atom is -0.494 e. The van der Waals surface area contributed by atoms with E-state index in [-0.39, 0.29) is 5.78 Å². The second-order valence-corrected chi connectivity index (χ2v) is 4.46. The van der Waals surface area contributed by atoms with Gasteiger partial charge in [-0.1, -0.05) is 6.92 Å². The molecule has 1 rings (SSSR count). The number of aryl methyl sites for hydroxylation is 1. The Morgan fingerprint density at radius 1 is 1.50 bits per heavy atom. The van der Waals surface area contributed by atoms with Gasteiger partial charge in [-0.05, 0) is 44.0 Å². The molecule has 2 nitrogen and oxygen atoms in total. The number of alkyl halides is 1. The molecule has 1 atom stereocenters. The SMILES string of the molecule is CCCOc1ccc(C(=O)C(C)Cl)c(C)c1. The monoisotopic (exact) mass is 240 g/mol. The molecule has 0 fully saturated rings. The van der Waals surface area contributed by atoms with E-state index in [0.717, 1.165) is 17.7 Å². The number of hydrogen-bond donors (Lipinski definition) is 0. The highest BCUT2D eigenvalue weighted by molar-refractivity contribution is 6.33. The van der Waals surface area contributed by atoms with Gasteiger partial charge in [-0.25, -0.2) is 0 Å². The molecule has 1 unspecified atom stereocenters. The third-order valence-electron chi connectivity index (χ3n) is 2.30. The van der Waals surface area contributed by atoms with Crippen molar-refractivity contribution < 1.29 is 9.53 Å². The van der Waals surface area contributed by atoms with Crippen LogP contribution in [0, 0.1) is 6.92 Å². The lowest BCUT2D eigenvalue weighted by atomic mass is 10.0. The Labute approximate surface area is 102 Å². The van der Waals surface area contributed by atoms with E-state index in [0.29, 0.717) is 12.2 Å². The maximum Gasteiger partial charge on any atom is 0.180 e. The van der Waals surface area contributed by atoms with Gasteiger partial charge < -0.3 is 4.74 Å². The number of Topliss-reactive ketones (excluding diaryl/α,β-unsaturated/α-hetero) is 1. The fourth-order valence-electron chi connectivity index (χ4n) is 1.44. The van der Waals surface area contributed by atoms with Gasteiger partial charge in [-0.15, -0.1) is 11.6 Å². The van der Waals surface area contributed by atoms with Crippen LogP contribution in [-0.4, -0.2) is 17.8 Å². The number of benzene rings is 1. The summed E-state index contributed by atoms with van der Waals surface area (Å²) in [4.78, 5) is 11.7. The van der Waals surface area contributed by atoms with E-state index in [9.17, 15) is 4.79 Å². The Morgan fingerprint density at radius 2 is 2.19 bits per heavy atom. The molecule has 0 bridgehead atoms. The number of halogens is 1. The zero-order chi connectivity index (χ0) is 12.1. The molecule has 16 heavy (non-hydrogen) atoms. The van der Waals surface area contributed by atoms with Crippen LogP contribution in [0.5, 0.6) is 5.75 Å². The zero-order valence-corrected chi connectivity index (χ0v) is 10.7. The van der Waals surface area contributed by atoms with Gasteiger partial charge in [0.1, 0.15) is 5.75 Å². The second-order valence-electron chi connectivity index (χ2n) is 3.81. The first-order chi connectivity index (χ1) is 7.56. The molecule has 1 aromatic rings. The van der Waals surface area contributed by atoms with Crippen molar-refractivity contribution >= 4 is 17.4 Å². The highest BCUT2D eigenvalue weighted by Gasteiger charge is 2.14. The minimum absolute atomic E-state index is 0.0405. The summed E-state index contributed by atoms with van der Waals surface area (Å²) in [6.07, 6.45) is 0.971. The van der Waals surface area contributed by atoms with Crippen molar-refractivity contribution in [1.82, 2.24) is 0 Å². The van der Waals surface area contributed by atoms with Crippen LogP contribution >= 0.6 is 11.6 Å². The summed E-state index contributed by atoms with van der Waals surface area (Å²) < 4.78 is 5.49. The molecule has 1 aromatic carbocycles. The Balaban J connectivity index is 2.87. The lowest BCUT2D eigenvalue weighted by Crippen LogP contribution is -2.12. The molecule has 0 aliphatic heterocycles. The van der Waals surface area contributed by atoms with Crippen LogP contribution in [-0.2, 0) is 0 Å². The summed E-state index contributed by atoms with van der Waals surface area (Å²) in [5, 5.41) is -0.485. The average Bonchev–Trinajstić information content (AvgIpc) is 2.25.